The number of carbonyl (C=O) groups excluding carboxylic acids is 6. The molecule has 0 spiro atoms. The molecule has 4 aromatic carbocycles. The van der Waals surface area contributed by atoms with Gasteiger partial charge in [-0.05, 0) is 107 Å². The minimum absolute atomic E-state index is 0.00752. The maximum absolute atomic E-state index is 14.5. The van der Waals surface area contributed by atoms with Crippen molar-refractivity contribution in [2.75, 3.05) is 57.5 Å². The molecule has 6 aliphatic heterocycles. The van der Waals surface area contributed by atoms with Gasteiger partial charge in [-0.25, -0.2) is 29.0 Å². The number of nitrogens with zero attached hydrogens (tertiary/aromatic N) is 4. The van der Waals surface area contributed by atoms with E-state index in [1.54, 1.807) is 40.1 Å². The lowest BCUT2D eigenvalue weighted by atomic mass is 9.99. The van der Waals surface area contributed by atoms with Crippen molar-refractivity contribution in [1.29, 1.82) is 0 Å². The number of carboxylic acids is 2. The average molecular weight is 1460 g/mol. The Labute approximate surface area is 593 Å². The molecule has 104 heavy (non-hydrogen) atoms. The number of nitrogens with one attached hydrogen (secondary N) is 2. The Morgan fingerprint density at radius 2 is 0.952 bits per heavy atom. The monoisotopic (exact) mass is 1460 g/mol. The molecule has 10 rings (SSSR count). The lowest BCUT2D eigenvalue weighted by molar-refractivity contribution is -0.271. The molecule has 0 aromatic heterocycles. The van der Waals surface area contributed by atoms with Crippen molar-refractivity contribution in [1.82, 2.24) is 20.4 Å². The summed E-state index contributed by atoms with van der Waals surface area (Å²) in [6.45, 7) is 5.91. The van der Waals surface area contributed by atoms with Crippen molar-refractivity contribution in [2.45, 2.75) is 165 Å². The maximum atomic E-state index is 14.5. The van der Waals surface area contributed by atoms with Crippen LogP contribution < -0.4 is 48.9 Å². The van der Waals surface area contributed by atoms with Crippen LogP contribution in [0.5, 0.6) is 34.5 Å². The highest BCUT2D eigenvalue weighted by molar-refractivity contribution is 6.08. The average Bonchev–Trinajstić information content (AvgIpc) is 1.59. The molecule has 0 saturated carbocycles. The molecular weight excluding hydrogens is 1380 g/mol. The molecule has 4 aromatic rings. The van der Waals surface area contributed by atoms with Crippen molar-refractivity contribution in [3.8, 4) is 34.5 Å². The highest BCUT2D eigenvalue weighted by Gasteiger charge is 2.51. The summed E-state index contributed by atoms with van der Waals surface area (Å²) in [6.07, 6.45) is -20.8. The van der Waals surface area contributed by atoms with E-state index in [4.69, 9.17) is 52.1 Å². The fraction of sp³-hybridized carbons (Fsp3) is 0.478. The molecule has 35 heteroatoms. The standard InChI is InChI=1S/C69H82N6O29/c1-31(2)71-59(83)39-22-35(12-14-45(39)102-67-55(81)51(77)53(79)57(104-67)65(90)91)30-100-69(93)75-41-26-49(47(96-7)24-37(41)61(85)73-28-33(4)20-43(73)63(75)87)98-17-10-8-9-16-97-48-25-40-36(23-46(48)95-6)60(84)72-27-32(3)19-42(72)62(86)74(40)68(92)99-29-34-11-13-44(38(21-34)58(82)70-15-18-94-5)101-66-54(80)50(76)52(78)56(103-66)64(88)89/h11-14,21-28,31,42-43,50-57,62-63,66-67,76-81,86-87H,8-10,15-20,29-30H2,1-7H3,(H,70,82)(H,71,83)(H,88,89)(H,90,91)/t42-,43-,50-,51-,52-,53-,54+,55+,56-,57-,62?,63?,66+,67+/m0/s1. The van der Waals surface area contributed by atoms with E-state index in [1.807, 2.05) is 0 Å². The molecule has 2 fully saturated rings. The summed E-state index contributed by atoms with van der Waals surface area (Å²) in [5.41, 5.74) is 1.03. The van der Waals surface area contributed by atoms with Gasteiger partial charge in [-0.2, -0.15) is 0 Å². The Hall–Kier alpha value is -9.92. The van der Waals surface area contributed by atoms with Crippen molar-refractivity contribution in [2.24, 2.45) is 0 Å². The highest BCUT2D eigenvalue weighted by atomic mass is 16.7. The van der Waals surface area contributed by atoms with E-state index in [-0.39, 0.29) is 118 Å². The number of fused-ring (bicyclic) bond motifs is 4. The van der Waals surface area contributed by atoms with Crippen LogP contribution in [-0.2, 0) is 46.5 Å². The number of rotatable bonds is 26. The number of benzene rings is 4. The van der Waals surface area contributed by atoms with Gasteiger partial charge in [-0.3, -0.25) is 19.2 Å². The van der Waals surface area contributed by atoms with Crippen LogP contribution >= 0.6 is 0 Å². The second-order valence-corrected chi connectivity index (χ2v) is 25.6. The molecule has 35 nitrogen and oxygen atoms in total. The zero-order chi connectivity index (χ0) is 75.3. The van der Waals surface area contributed by atoms with Crippen molar-refractivity contribution >= 4 is 59.1 Å². The number of carboxylic acid groups (broad SMARTS) is 2. The number of unbranched alkanes of at least 4 members (excludes halogenated alkanes) is 2. The van der Waals surface area contributed by atoms with Crippen LogP contribution in [0.15, 0.2) is 84.2 Å². The lowest BCUT2D eigenvalue weighted by Crippen LogP contribution is -2.61. The van der Waals surface area contributed by atoms with E-state index < -0.39 is 153 Å². The molecule has 0 bridgehead atoms. The maximum Gasteiger partial charge on any atom is 0.416 e. The summed E-state index contributed by atoms with van der Waals surface area (Å²) in [5.74, 6) is -6.18. The first kappa shape index (κ1) is 76.7. The Morgan fingerprint density at radius 3 is 1.35 bits per heavy atom. The van der Waals surface area contributed by atoms with Gasteiger partial charge >= 0.3 is 24.1 Å². The van der Waals surface area contributed by atoms with Crippen LogP contribution in [0.2, 0.25) is 0 Å². The van der Waals surface area contributed by atoms with Crippen molar-refractivity contribution < 1.29 is 142 Å². The number of aliphatic hydroxyl groups is 8. The number of carbonyl (C=O) groups is 8. The van der Waals surface area contributed by atoms with E-state index in [1.165, 1.54) is 91.8 Å². The molecule has 6 aliphatic rings. The van der Waals surface area contributed by atoms with Gasteiger partial charge in [0, 0.05) is 44.2 Å². The van der Waals surface area contributed by atoms with Gasteiger partial charge in [0.2, 0.25) is 12.6 Å². The Balaban J connectivity index is 0.824. The topological polar surface area (TPSA) is 477 Å². The van der Waals surface area contributed by atoms with Crippen LogP contribution in [0.1, 0.15) is 112 Å². The van der Waals surface area contributed by atoms with Gasteiger partial charge in [0.15, 0.2) is 47.7 Å². The summed E-state index contributed by atoms with van der Waals surface area (Å²) in [5, 5.41) is 111. The van der Waals surface area contributed by atoms with Crippen molar-refractivity contribution in [3.05, 3.63) is 118 Å². The minimum Gasteiger partial charge on any atom is -0.493 e. The summed E-state index contributed by atoms with van der Waals surface area (Å²) >= 11 is 0. The Bertz CT molecular complexity index is 3980. The zero-order valence-electron chi connectivity index (χ0n) is 57.4. The van der Waals surface area contributed by atoms with Gasteiger partial charge in [0.25, 0.3) is 23.6 Å². The summed E-state index contributed by atoms with van der Waals surface area (Å²) < 4.78 is 62.6. The van der Waals surface area contributed by atoms with E-state index in [2.05, 4.69) is 10.6 Å². The number of hydrogen-bond acceptors (Lipinski definition) is 27. The molecular formula is C69H82N6O29. The first-order chi connectivity index (χ1) is 49.5. The molecule has 2 saturated heterocycles. The minimum atomic E-state index is -2.03. The van der Waals surface area contributed by atoms with Gasteiger partial charge in [-0.15, -0.1) is 0 Å². The second kappa shape index (κ2) is 32.8. The molecule has 12 N–H and O–H groups in total. The first-order valence-corrected chi connectivity index (χ1v) is 33.1. The molecule has 14 atom stereocenters. The number of aliphatic carboxylic acids is 2. The van der Waals surface area contributed by atoms with E-state index in [9.17, 15) is 89.4 Å². The normalized spacial score (nSPS) is 25.6. The predicted molar refractivity (Wildman–Crippen MR) is 354 cm³/mol. The summed E-state index contributed by atoms with van der Waals surface area (Å²) in [6, 6.07) is 10.9. The third-order valence-corrected chi connectivity index (χ3v) is 17.8. The summed E-state index contributed by atoms with van der Waals surface area (Å²) in [7, 11) is 4.10. The molecule has 6 amide bonds. The SMILES string of the molecule is COCCNC(=O)c1cc(COC(=O)N2c3cc(OCCCCCOc4cc5c(cc4OC)C(=O)N4C=C(C)C[C@H]4C(O)N5C(=O)OCc4ccc(O[C@@H]5O[C@H](C(=O)O)[C@@H](O)[C@H](O)[C@H]5O)c(C(=O)NC(C)C)c4)c(OC)cc3C(=O)N3C=C(C)C[C@H]3C2O)ccc1O[C@@H]1O[C@H](C(=O)O)[C@@H](O)[C@H](O)[C@H]1O. The molecule has 0 aliphatic carbocycles. The highest BCUT2D eigenvalue weighted by Crippen LogP contribution is 2.45. The number of methoxy groups -OCH3 is 3. The van der Waals surface area contributed by atoms with Crippen molar-refractivity contribution in [3.63, 3.8) is 0 Å². The van der Waals surface area contributed by atoms with E-state index in [0.29, 0.717) is 19.3 Å². The van der Waals surface area contributed by atoms with Crippen LogP contribution in [0.3, 0.4) is 0 Å². The molecule has 6 heterocycles. The largest absolute Gasteiger partial charge is 0.493 e. The summed E-state index contributed by atoms with van der Waals surface area (Å²) in [4.78, 5) is 113. The fourth-order valence-electron chi connectivity index (χ4n) is 12.6. The molecule has 0 radical (unpaired) electrons. The fourth-order valence-corrected chi connectivity index (χ4v) is 12.6. The number of hydrogen-bond donors (Lipinski definition) is 12. The van der Waals surface area contributed by atoms with Gasteiger partial charge in [0.1, 0.15) is 61.3 Å². The van der Waals surface area contributed by atoms with E-state index in [0.717, 1.165) is 20.9 Å². The third-order valence-electron chi connectivity index (χ3n) is 17.8. The van der Waals surface area contributed by atoms with Crippen LogP contribution in [-0.4, -0.2) is 248 Å². The molecule has 2 unspecified atom stereocenters. The predicted octanol–water partition coefficient (Wildman–Crippen LogP) is 1.58. The van der Waals surface area contributed by atoms with Gasteiger partial charge in [0.05, 0.1) is 79.8 Å². The van der Waals surface area contributed by atoms with Crippen LogP contribution in [0.4, 0.5) is 21.0 Å². The smallest absolute Gasteiger partial charge is 0.416 e. The molecule has 562 valence electrons. The lowest BCUT2D eigenvalue weighted by Gasteiger charge is -2.38. The zero-order valence-corrected chi connectivity index (χ0v) is 57.4. The number of aliphatic hydroxyl groups excluding tert-OH is 8. The van der Waals surface area contributed by atoms with Crippen LogP contribution in [0.25, 0.3) is 0 Å². The van der Waals surface area contributed by atoms with Crippen LogP contribution in [0, 0.1) is 0 Å². The number of anilines is 2. The van der Waals surface area contributed by atoms with Gasteiger partial charge in [-0.1, -0.05) is 23.3 Å². The quantitative estimate of drug-likeness (QED) is 0.0397. The number of ether oxygens (including phenoxy) is 11. The number of amides is 6. The van der Waals surface area contributed by atoms with Gasteiger partial charge < -0.3 is 124 Å². The van der Waals surface area contributed by atoms with E-state index >= 15 is 0 Å². The Kier molecular flexibility index (Phi) is 24.2. The first-order valence-electron chi connectivity index (χ1n) is 33.1. The third kappa shape index (κ3) is 16.2. The Morgan fingerprint density at radius 1 is 0.529 bits per heavy atom. The second-order valence-electron chi connectivity index (χ2n) is 25.6.